The summed E-state index contributed by atoms with van der Waals surface area (Å²) in [4.78, 5) is 22.5. The number of benzene rings is 1. The standard InChI is InChI=1S/C14H17NO3/c1-9(16)15-11-7-5-10(6-8-11)14(18)12-3-2-4-13(12)17/h5-8,12,14,18H,2-4H2,1H3,(H,15,16). The summed E-state index contributed by atoms with van der Waals surface area (Å²) in [6, 6.07) is 6.97. The van der Waals surface area contributed by atoms with Crippen LogP contribution in [0.4, 0.5) is 5.69 Å². The molecule has 1 aliphatic carbocycles. The fourth-order valence-corrected chi connectivity index (χ4v) is 2.38. The molecule has 1 fully saturated rings. The Balaban J connectivity index is 2.09. The Morgan fingerprint density at radius 1 is 1.39 bits per heavy atom. The second-order valence-electron chi connectivity index (χ2n) is 4.71. The minimum absolute atomic E-state index is 0.130. The maximum Gasteiger partial charge on any atom is 0.221 e. The van der Waals surface area contributed by atoms with Crippen LogP contribution in [0.2, 0.25) is 0 Å². The normalized spacial score (nSPS) is 20.8. The summed E-state index contributed by atoms with van der Waals surface area (Å²) in [5.41, 5.74) is 1.42. The van der Waals surface area contributed by atoms with Gasteiger partial charge >= 0.3 is 0 Å². The number of ketones is 1. The quantitative estimate of drug-likeness (QED) is 0.859. The van der Waals surface area contributed by atoms with Gasteiger partial charge in [-0.05, 0) is 30.5 Å². The van der Waals surface area contributed by atoms with E-state index in [9.17, 15) is 14.7 Å². The van der Waals surface area contributed by atoms with Gasteiger partial charge in [0.1, 0.15) is 5.78 Å². The van der Waals surface area contributed by atoms with Crippen molar-refractivity contribution in [3.05, 3.63) is 29.8 Å². The van der Waals surface area contributed by atoms with Crippen LogP contribution in [0.1, 0.15) is 37.9 Å². The summed E-state index contributed by atoms with van der Waals surface area (Å²) < 4.78 is 0. The van der Waals surface area contributed by atoms with Gasteiger partial charge in [-0.3, -0.25) is 9.59 Å². The molecule has 1 amide bonds. The number of anilines is 1. The van der Waals surface area contributed by atoms with Crippen LogP contribution >= 0.6 is 0 Å². The molecule has 4 nitrogen and oxygen atoms in total. The lowest BCUT2D eigenvalue weighted by Gasteiger charge is -2.17. The number of Topliss-reactive ketones (excluding diaryl/α,β-unsaturated/α-hetero) is 1. The number of hydrogen-bond acceptors (Lipinski definition) is 3. The molecular formula is C14H17NO3. The monoisotopic (exact) mass is 247 g/mol. The first-order valence-electron chi connectivity index (χ1n) is 6.16. The number of nitrogens with one attached hydrogen (secondary N) is 1. The van der Waals surface area contributed by atoms with E-state index in [2.05, 4.69) is 5.32 Å². The van der Waals surface area contributed by atoms with Gasteiger partial charge in [0.2, 0.25) is 5.91 Å². The number of aliphatic hydroxyl groups excluding tert-OH is 1. The first kappa shape index (κ1) is 12.8. The summed E-state index contributed by atoms with van der Waals surface area (Å²) in [5.74, 6) is -0.251. The number of hydrogen-bond donors (Lipinski definition) is 2. The lowest BCUT2D eigenvalue weighted by Crippen LogP contribution is -2.16. The van der Waals surface area contributed by atoms with E-state index in [1.165, 1.54) is 6.92 Å². The van der Waals surface area contributed by atoms with E-state index in [-0.39, 0.29) is 17.6 Å². The van der Waals surface area contributed by atoms with E-state index in [4.69, 9.17) is 0 Å². The summed E-state index contributed by atoms with van der Waals surface area (Å²) in [7, 11) is 0. The van der Waals surface area contributed by atoms with E-state index >= 15 is 0 Å². The lowest BCUT2D eigenvalue weighted by atomic mass is 9.93. The minimum atomic E-state index is -0.730. The lowest BCUT2D eigenvalue weighted by molar-refractivity contribution is -0.123. The third kappa shape index (κ3) is 2.76. The molecule has 2 N–H and O–H groups in total. The van der Waals surface area contributed by atoms with Crippen molar-refractivity contribution in [2.45, 2.75) is 32.3 Å². The van der Waals surface area contributed by atoms with Crippen LogP contribution in [0.25, 0.3) is 0 Å². The Bertz CT molecular complexity index is 453. The highest BCUT2D eigenvalue weighted by Gasteiger charge is 2.31. The van der Waals surface area contributed by atoms with Gasteiger partial charge in [-0.1, -0.05) is 12.1 Å². The van der Waals surface area contributed by atoms with Crippen molar-refractivity contribution in [3.8, 4) is 0 Å². The van der Waals surface area contributed by atoms with Gasteiger partial charge in [-0.2, -0.15) is 0 Å². The largest absolute Gasteiger partial charge is 0.388 e. The van der Waals surface area contributed by atoms with Crippen molar-refractivity contribution in [2.24, 2.45) is 5.92 Å². The molecule has 0 radical (unpaired) electrons. The predicted octanol–water partition coefficient (Wildman–Crippen LogP) is 2.05. The van der Waals surface area contributed by atoms with Crippen LogP contribution in [0.3, 0.4) is 0 Å². The average molecular weight is 247 g/mol. The molecule has 0 heterocycles. The highest BCUT2D eigenvalue weighted by Crippen LogP contribution is 2.33. The van der Waals surface area contributed by atoms with Crippen LogP contribution in [0.15, 0.2) is 24.3 Å². The Hall–Kier alpha value is -1.68. The van der Waals surface area contributed by atoms with E-state index in [0.717, 1.165) is 18.4 Å². The second-order valence-corrected chi connectivity index (χ2v) is 4.71. The molecule has 0 spiro atoms. The van der Waals surface area contributed by atoms with Crippen LogP contribution in [0.5, 0.6) is 0 Å². The van der Waals surface area contributed by atoms with E-state index < -0.39 is 6.10 Å². The Morgan fingerprint density at radius 3 is 2.56 bits per heavy atom. The van der Waals surface area contributed by atoms with Crippen molar-refractivity contribution in [1.82, 2.24) is 0 Å². The fraction of sp³-hybridized carbons (Fsp3) is 0.429. The Labute approximate surface area is 106 Å². The molecule has 2 unspecified atom stereocenters. The third-order valence-corrected chi connectivity index (χ3v) is 3.31. The van der Waals surface area contributed by atoms with E-state index in [1.54, 1.807) is 24.3 Å². The molecule has 1 saturated carbocycles. The van der Waals surface area contributed by atoms with Gasteiger partial charge < -0.3 is 10.4 Å². The Morgan fingerprint density at radius 2 is 2.06 bits per heavy atom. The molecule has 1 aliphatic rings. The summed E-state index contributed by atoms with van der Waals surface area (Å²) in [5, 5.41) is 12.8. The molecule has 1 aromatic rings. The molecular weight excluding hydrogens is 230 g/mol. The summed E-state index contributed by atoms with van der Waals surface area (Å²) >= 11 is 0. The predicted molar refractivity (Wildman–Crippen MR) is 68.1 cm³/mol. The molecule has 0 aromatic heterocycles. The molecule has 4 heteroatoms. The highest BCUT2D eigenvalue weighted by molar-refractivity contribution is 5.88. The fourth-order valence-electron chi connectivity index (χ4n) is 2.38. The SMILES string of the molecule is CC(=O)Nc1ccc(C(O)C2CCCC2=O)cc1. The first-order chi connectivity index (χ1) is 8.58. The van der Waals surface area contributed by atoms with Crippen LogP contribution in [-0.2, 0) is 9.59 Å². The highest BCUT2D eigenvalue weighted by atomic mass is 16.3. The van der Waals surface area contributed by atoms with Crippen LogP contribution < -0.4 is 5.32 Å². The molecule has 0 aliphatic heterocycles. The topological polar surface area (TPSA) is 66.4 Å². The molecule has 1 aromatic carbocycles. The number of carbonyl (C=O) groups excluding carboxylic acids is 2. The Kier molecular flexibility index (Phi) is 3.77. The van der Waals surface area contributed by atoms with Crippen LogP contribution in [0, 0.1) is 5.92 Å². The van der Waals surface area contributed by atoms with Crippen molar-refractivity contribution < 1.29 is 14.7 Å². The maximum absolute atomic E-state index is 11.6. The van der Waals surface area contributed by atoms with Crippen molar-refractivity contribution in [1.29, 1.82) is 0 Å². The molecule has 2 rings (SSSR count). The summed E-state index contributed by atoms with van der Waals surface area (Å²) in [6.45, 7) is 1.44. The maximum atomic E-state index is 11.6. The van der Waals surface area contributed by atoms with Crippen molar-refractivity contribution in [3.63, 3.8) is 0 Å². The first-order valence-corrected chi connectivity index (χ1v) is 6.16. The van der Waals surface area contributed by atoms with E-state index in [1.807, 2.05) is 0 Å². The van der Waals surface area contributed by atoms with Gasteiger partial charge in [0, 0.05) is 24.9 Å². The van der Waals surface area contributed by atoms with Gasteiger partial charge in [-0.25, -0.2) is 0 Å². The number of aliphatic hydroxyl groups is 1. The molecule has 0 bridgehead atoms. The van der Waals surface area contributed by atoms with Gasteiger partial charge in [0.05, 0.1) is 6.10 Å². The minimum Gasteiger partial charge on any atom is -0.388 e. The zero-order valence-electron chi connectivity index (χ0n) is 10.3. The number of carbonyl (C=O) groups is 2. The van der Waals surface area contributed by atoms with Crippen molar-refractivity contribution >= 4 is 17.4 Å². The zero-order chi connectivity index (χ0) is 13.1. The second kappa shape index (κ2) is 5.31. The van der Waals surface area contributed by atoms with E-state index in [0.29, 0.717) is 12.1 Å². The smallest absolute Gasteiger partial charge is 0.221 e. The van der Waals surface area contributed by atoms with Crippen molar-refractivity contribution in [2.75, 3.05) is 5.32 Å². The zero-order valence-corrected chi connectivity index (χ0v) is 10.3. The number of rotatable bonds is 3. The molecule has 96 valence electrons. The molecule has 0 saturated heterocycles. The molecule has 2 atom stereocenters. The third-order valence-electron chi connectivity index (χ3n) is 3.31. The van der Waals surface area contributed by atoms with Crippen LogP contribution in [-0.4, -0.2) is 16.8 Å². The molecule has 18 heavy (non-hydrogen) atoms. The van der Waals surface area contributed by atoms with Gasteiger partial charge in [0.25, 0.3) is 0 Å². The average Bonchev–Trinajstić information content (AvgIpc) is 2.75. The van der Waals surface area contributed by atoms with Gasteiger partial charge in [0.15, 0.2) is 0 Å². The van der Waals surface area contributed by atoms with Gasteiger partial charge in [-0.15, -0.1) is 0 Å². The summed E-state index contributed by atoms with van der Waals surface area (Å²) in [6.07, 6.45) is 1.47. The number of amides is 1.